The molecular formula is C10H20KLiO4. The molecule has 0 heterocycles. The van der Waals surface area contributed by atoms with Gasteiger partial charge in [0.2, 0.25) is 0 Å². The Balaban J connectivity index is -0.000000141. The number of hydrogen-bond acceptors (Lipinski definition) is 2. The molecule has 16 heavy (non-hydrogen) atoms. The van der Waals surface area contributed by atoms with Crippen molar-refractivity contribution in [2.45, 2.75) is 40.0 Å². The van der Waals surface area contributed by atoms with Crippen molar-refractivity contribution in [3.63, 3.8) is 0 Å². The summed E-state index contributed by atoms with van der Waals surface area (Å²) in [6.45, 7) is 4.95. The molecule has 0 spiro atoms. The molecule has 0 aliphatic heterocycles. The van der Waals surface area contributed by atoms with E-state index in [2.05, 4.69) is 0 Å². The van der Waals surface area contributed by atoms with Crippen molar-refractivity contribution < 1.29 is 92.9 Å². The van der Waals surface area contributed by atoms with Gasteiger partial charge in [-0.2, -0.15) is 0 Å². The standard InChI is InChI=1S/C10H18O4.K.Li.2H/c1-4-5-6-7(2)10(3,8(11)12)9(13)14;;;;/h7H,4-6H2,1-3H3,(H,11,12)(H,13,14);;;;/q;2*+1;2*-1. The Morgan fingerprint density at radius 2 is 1.69 bits per heavy atom. The first-order chi connectivity index (χ1) is 6.37. The van der Waals surface area contributed by atoms with Crippen LogP contribution in [0, 0.1) is 11.3 Å². The quantitative estimate of drug-likeness (QED) is 0.375. The van der Waals surface area contributed by atoms with Crippen LogP contribution in [0.15, 0.2) is 0 Å². The summed E-state index contributed by atoms with van der Waals surface area (Å²) in [7, 11) is 0. The van der Waals surface area contributed by atoms with Crippen LogP contribution in [0.2, 0.25) is 0 Å². The van der Waals surface area contributed by atoms with Gasteiger partial charge in [0.15, 0.2) is 5.41 Å². The molecule has 0 aliphatic carbocycles. The van der Waals surface area contributed by atoms with E-state index in [4.69, 9.17) is 10.2 Å². The zero-order chi connectivity index (χ0) is 11.4. The Labute approximate surface area is 154 Å². The van der Waals surface area contributed by atoms with E-state index >= 15 is 0 Å². The molecule has 6 heteroatoms. The van der Waals surface area contributed by atoms with E-state index in [1.807, 2.05) is 6.92 Å². The number of hydrogen-bond donors (Lipinski definition) is 2. The minimum Gasteiger partial charge on any atom is -1.00 e. The first-order valence-corrected chi connectivity index (χ1v) is 4.84. The Hall–Kier alpha value is 1.17. The van der Waals surface area contributed by atoms with Crippen LogP contribution in [0.5, 0.6) is 0 Å². The molecular weight excluding hydrogens is 230 g/mol. The molecule has 1 unspecified atom stereocenters. The third-order valence-corrected chi connectivity index (χ3v) is 2.86. The number of rotatable bonds is 6. The van der Waals surface area contributed by atoms with Gasteiger partial charge in [0.05, 0.1) is 0 Å². The van der Waals surface area contributed by atoms with E-state index in [1.165, 1.54) is 6.92 Å². The van der Waals surface area contributed by atoms with Gasteiger partial charge in [-0.15, -0.1) is 0 Å². The Morgan fingerprint density at radius 1 is 1.31 bits per heavy atom. The average molecular weight is 250 g/mol. The van der Waals surface area contributed by atoms with Gasteiger partial charge in [0.25, 0.3) is 0 Å². The van der Waals surface area contributed by atoms with Crippen LogP contribution in [0.4, 0.5) is 0 Å². The molecule has 0 aromatic carbocycles. The number of carboxylic acids is 2. The molecule has 0 aromatic rings. The van der Waals surface area contributed by atoms with Gasteiger partial charge < -0.3 is 13.1 Å². The van der Waals surface area contributed by atoms with Crippen LogP contribution in [0.25, 0.3) is 0 Å². The van der Waals surface area contributed by atoms with Crippen molar-refractivity contribution in [2.24, 2.45) is 11.3 Å². The van der Waals surface area contributed by atoms with Crippen molar-refractivity contribution in [1.82, 2.24) is 0 Å². The van der Waals surface area contributed by atoms with Gasteiger partial charge >= 0.3 is 82.2 Å². The third kappa shape index (κ3) is 5.68. The molecule has 0 radical (unpaired) electrons. The minimum atomic E-state index is -1.66. The number of carboxylic acid groups (broad SMARTS) is 2. The topological polar surface area (TPSA) is 74.6 Å². The van der Waals surface area contributed by atoms with Crippen LogP contribution in [0.1, 0.15) is 42.9 Å². The second kappa shape index (κ2) is 10.1. The molecule has 1 atom stereocenters. The molecule has 0 fully saturated rings. The maximum atomic E-state index is 10.9. The van der Waals surface area contributed by atoms with Crippen LogP contribution < -0.4 is 70.2 Å². The van der Waals surface area contributed by atoms with Crippen molar-refractivity contribution >= 4 is 11.9 Å². The van der Waals surface area contributed by atoms with E-state index in [9.17, 15) is 9.59 Å². The van der Waals surface area contributed by atoms with Crippen molar-refractivity contribution in [3.05, 3.63) is 0 Å². The summed E-state index contributed by atoms with van der Waals surface area (Å²) >= 11 is 0. The van der Waals surface area contributed by atoms with Gasteiger partial charge in [0, 0.05) is 0 Å². The Bertz CT molecular complexity index is 228. The summed E-state index contributed by atoms with van der Waals surface area (Å²) in [6.07, 6.45) is 2.43. The van der Waals surface area contributed by atoms with E-state index in [0.29, 0.717) is 6.42 Å². The van der Waals surface area contributed by atoms with Gasteiger partial charge in [-0.3, -0.25) is 9.59 Å². The first kappa shape index (κ1) is 22.4. The zero-order valence-electron chi connectivity index (χ0n) is 12.9. The van der Waals surface area contributed by atoms with Gasteiger partial charge in [-0.1, -0.05) is 26.7 Å². The molecule has 86 valence electrons. The maximum absolute atomic E-state index is 10.9. The predicted molar refractivity (Wildman–Crippen MR) is 54.3 cm³/mol. The fourth-order valence-corrected chi connectivity index (χ4v) is 1.31. The SMILES string of the molecule is CCCCC(C)C(C)(C(=O)O)C(=O)O.[H-].[H-].[K+].[Li+]. The molecule has 0 rings (SSSR count). The van der Waals surface area contributed by atoms with Crippen LogP contribution in [0.3, 0.4) is 0 Å². The number of carbonyl (C=O) groups is 2. The van der Waals surface area contributed by atoms with Crippen molar-refractivity contribution in [2.75, 3.05) is 0 Å². The van der Waals surface area contributed by atoms with Gasteiger partial charge in [-0.25, -0.2) is 0 Å². The zero-order valence-corrected chi connectivity index (χ0v) is 14.0. The Kier molecular flexibility index (Phi) is 14.2. The van der Waals surface area contributed by atoms with Gasteiger partial charge in [-0.05, 0) is 19.3 Å². The molecule has 0 aliphatic rings. The fourth-order valence-electron chi connectivity index (χ4n) is 1.31. The summed E-state index contributed by atoms with van der Waals surface area (Å²) in [5, 5.41) is 17.8. The molecule has 0 aromatic heterocycles. The number of aliphatic carboxylic acids is 2. The van der Waals surface area contributed by atoms with E-state index in [0.717, 1.165) is 12.8 Å². The summed E-state index contributed by atoms with van der Waals surface area (Å²) in [5.41, 5.74) is -1.66. The average Bonchev–Trinajstić information content (AvgIpc) is 2.11. The van der Waals surface area contributed by atoms with Gasteiger partial charge in [0.1, 0.15) is 0 Å². The number of unbranched alkanes of at least 4 members (excludes halogenated alkanes) is 1. The Morgan fingerprint density at radius 3 is 1.94 bits per heavy atom. The van der Waals surface area contributed by atoms with Crippen LogP contribution in [-0.2, 0) is 9.59 Å². The molecule has 0 saturated carbocycles. The minimum absolute atomic E-state index is 0. The molecule has 0 saturated heterocycles. The summed E-state index contributed by atoms with van der Waals surface area (Å²) in [6, 6.07) is 0. The maximum Gasteiger partial charge on any atom is 1.00 e. The van der Waals surface area contributed by atoms with Crippen molar-refractivity contribution in [1.29, 1.82) is 0 Å². The summed E-state index contributed by atoms with van der Waals surface area (Å²) in [5.74, 6) is -2.86. The monoisotopic (exact) mass is 250 g/mol. The van der Waals surface area contributed by atoms with E-state index in [1.54, 1.807) is 6.92 Å². The second-order valence-electron chi connectivity index (χ2n) is 3.86. The van der Waals surface area contributed by atoms with Crippen LogP contribution in [-0.4, -0.2) is 22.2 Å². The predicted octanol–water partition coefficient (Wildman–Crippen LogP) is -3.78. The summed E-state index contributed by atoms with van der Waals surface area (Å²) in [4.78, 5) is 21.8. The summed E-state index contributed by atoms with van der Waals surface area (Å²) < 4.78 is 0. The first-order valence-electron chi connectivity index (χ1n) is 4.84. The van der Waals surface area contributed by atoms with E-state index in [-0.39, 0.29) is 79.0 Å². The molecule has 4 nitrogen and oxygen atoms in total. The second-order valence-corrected chi connectivity index (χ2v) is 3.86. The largest absolute Gasteiger partial charge is 1.00 e. The molecule has 0 amide bonds. The molecule has 2 N–H and O–H groups in total. The molecule has 0 bridgehead atoms. The van der Waals surface area contributed by atoms with E-state index < -0.39 is 17.4 Å². The van der Waals surface area contributed by atoms with Crippen LogP contribution >= 0.6 is 0 Å². The normalized spacial score (nSPS) is 11.9. The smallest absolute Gasteiger partial charge is 1.00 e. The third-order valence-electron chi connectivity index (χ3n) is 2.86. The fraction of sp³-hybridized carbons (Fsp3) is 0.800. The van der Waals surface area contributed by atoms with Crippen molar-refractivity contribution in [3.8, 4) is 0 Å².